The molecule has 2 aromatic rings. The van der Waals surface area contributed by atoms with Gasteiger partial charge in [0.1, 0.15) is 42.7 Å². The predicted octanol–water partition coefficient (Wildman–Crippen LogP) is 9.25. The number of hydrogen-bond donors (Lipinski definition) is 8. The zero-order valence-corrected chi connectivity index (χ0v) is 63.3. The Bertz CT molecular complexity index is 2970. The number of ether oxygens (including phenoxy) is 1. The first kappa shape index (κ1) is 88.5. The molecular formula is C76H128N16O12. The number of amidine groups is 2. The molecule has 7 amide bonds. The summed E-state index contributed by atoms with van der Waals surface area (Å²) < 4.78 is 8.52. The van der Waals surface area contributed by atoms with Crippen LogP contribution in [0.2, 0.25) is 0 Å². The van der Waals surface area contributed by atoms with E-state index in [-0.39, 0.29) is 149 Å². The number of carbonyl (C=O) groups is 11. The Labute approximate surface area is 617 Å². The van der Waals surface area contributed by atoms with Crippen LogP contribution in [0, 0.1) is 0 Å². The van der Waals surface area contributed by atoms with Gasteiger partial charge in [0.15, 0.2) is 34.6 Å². The van der Waals surface area contributed by atoms with E-state index in [1.165, 1.54) is 168 Å². The minimum atomic E-state index is -1.10. The fraction of sp³-hybridized carbons (Fsp3) is 0.750. The average Bonchev–Trinajstić information content (AvgIpc) is 1.66. The smallest absolute Gasteiger partial charge is 0.306 e. The van der Waals surface area contributed by atoms with Gasteiger partial charge in [-0.15, -0.1) is 0 Å². The highest BCUT2D eigenvalue weighted by molar-refractivity contribution is 6.14. The quantitative estimate of drug-likeness (QED) is 0.0226. The predicted molar refractivity (Wildman–Crippen MR) is 403 cm³/mol. The lowest BCUT2D eigenvalue weighted by Gasteiger charge is -2.25. The molecule has 0 saturated carbocycles. The number of aromatic nitrogens is 4. The Hall–Kier alpha value is -7.91. The number of Topliss-reactive ketones (excluding diaryl/α,β-unsaturated/α-hetero) is 3. The molecule has 2 aromatic heterocycles. The molecule has 2 aliphatic rings. The molecule has 0 fully saturated rings. The van der Waals surface area contributed by atoms with Crippen molar-refractivity contribution in [2.45, 2.75) is 309 Å². The number of likely N-dealkylation sites (N-methyl/N-ethyl adjacent to an activating group) is 1. The van der Waals surface area contributed by atoms with E-state index in [9.17, 15) is 52.7 Å². The van der Waals surface area contributed by atoms with Crippen LogP contribution < -0.4 is 43.8 Å². The maximum Gasteiger partial charge on any atom is 0.306 e. The zero-order valence-electron chi connectivity index (χ0n) is 63.3. The molecular weight excluding hydrogens is 1330 g/mol. The third-order valence-corrected chi connectivity index (χ3v) is 18.9. The molecule has 0 saturated heterocycles. The number of unbranched alkanes of at least 4 members (excludes halogenated alkanes) is 29. The second-order valence-electron chi connectivity index (χ2n) is 28.0. The molecule has 2 unspecified atom stereocenters. The van der Waals surface area contributed by atoms with Crippen molar-refractivity contribution in [3.63, 3.8) is 0 Å². The van der Waals surface area contributed by atoms with Gasteiger partial charge < -0.3 is 67.5 Å². The van der Waals surface area contributed by atoms with Gasteiger partial charge in [-0.2, -0.15) is 0 Å². The van der Waals surface area contributed by atoms with Crippen LogP contribution in [0.25, 0.3) is 0 Å². The van der Waals surface area contributed by atoms with E-state index in [4.69, 9.17) is 21.9 Å². The number of ketones is 3. The van der Waals surface area contributed by atoms with E-state index in [2.05, 4.69) is 60.4 Å². The maximum absolute atomic E-state index is 14.2. The molecule has 28 nitrogen and oxygen atoms in total. The molecule has 2 aliphatic heterocycles. The number of aliphatic imine (C=N–C) groups is 2. The van der Waals surface area contributed by atoms with Crippen molar-refractivity contribution in [2.24, 2.45) is 27.2 Å². The largest absolute Gasteiger partial charge is 0.460 e. The van der Waals surface area contributed by atoms with Gasteiger partial charge in [-0.3, -0.25) is 52.7 Å². The van der Waals surface area contributed by atoms with Crippen LogP contribution in [0.4, 0.5) is 11.6 Å². The van der Waals surface area contributed by atoms with Crippen LogP contribution in [-0.2, 0) is 61.0 Å². The minimum Gasteiger partial charge on any atom is -0.460 e. The lowest BCUT2D eigenvalue weighted by atomic mass is 10.0. The normalized spacial score (nSPS) is 13.0. The van der Waals surface area contributed by atoms with E-state index in [0.717, 1.165) is 56.3 Å². The fourth-order valence-corrected chi connectivity index (χ4v) is 12.8. The molecule has 0 radical (unpaired) electrons. The molecule has 4 heterocycles. The van der Waals surface area contributed by atoms with Crippen LogP contribution in [0.15, 0.2) is 22.6 Å². The van der Waals surface area contributed by atoms with Crippen LogP contribution in [0.3, 0.4) is 0 Å². The fourth-order valence-electron chi connectivity index (χ4n) is 12.8. The third-order valence-electron chi connectivity index (χ3n) is 18.9. The molecule has 4 rings (SSSR count). The lowest BCUT2D eigenvalue weighted by Crippen LogP contribution is -2.50. The number of fused-ring (bicyclic) bond motifs is 2. The summed E-state index contributed by atoms with van der Waals surface area (Å²) in [4.78, 5) is 166. The molecule has 0 spiro atoms. The molecule has 2 atom stereocenters. The zero-order chi connectivity index (χ0) is 75.5. The van der Waals surface area contributed by atoms with Crippen LogP contribution in [0.1, 0.15) is 305 Å². The number of nitrogens with zero attached hydrogens (tertiary/aromatic N) is 8. The summed E-state index contributed by atoms with van der Waals surface area (Å²) in [5.41, 5.74) is 17.7. The summed E-state index contributed by atoms with van der Waals surface area (Å²) >= 11 is 0. The number of amides is 7. The summed E-state index contributed by atoms with van der Waals surface area (Å²) in [5, 5.41) is 13.8. The maximum atomic E-state index is 14.2. The van der Waals surface area contributed by atoms with Crippen molar-refractivity contribution in [1.82, 2.24) is 55.5 Å². The SMILES string of the molecule is CCCCCCCCCCCCCCCCCC(=O)CCC(CNC(=O)CCCCCCCCCCCCCCCCC)OC(=O)CCC(=O)NC(CCCCN)C(=O)NCCN(CC(=O)NCCN(CC(=O)NCC)C(=O)Cn1cnc2c1N=C(N)CC2=O)C(=O)Cn1cnc2c1N=C(N)CC2=O. The second kappa shape index (κ2) is 53.8. The number of rotatable bonds is 62. The molecule has 11 N–H and O–H groups in total. The summed E-state index contributed by atoms with van der Waals surface area (Å²) in [7, 11) is 0. The Morgan fingerprint density at radius 2 is 0.913 bits per heavy atom. The Morgan fingerprint density at radius 1 is 0.481 bits per heavy atom. The van der Waals surface area contributed by atoms with Crippen molar-refractivity contribution in [3.05, 3.63) is 24.0 Å². The summed E-state index contributed by atoms with van der Waals surface area (Å²) in [6.45, 7) is 4.25. The topological polar surface area (TPSA) is 402 Å². The molecule has 584 valence electrons. The van der Waals surface area contributed by atoms with Crippen molar-refractivity contribution < 1.29 is 57.5 Å². The monoisotopic (exact) mass is 1460 g/mol. The van der Waals surface area contributed by atoms with Gasteiger partial charge in [0.2, 0.25) is 41.4 Å². The molecule has 0 bridgehead atoms. The number of esters is 1. The second-order valence-corrected chi connectivity index (χ2v) is 28.0. The molecule has 28 heteroatoms. The van der Waals surface area contributed by atoms with Gasteiger partial charge in [0, 0.05) is 58.4 Å². The van der Waals surface area contributed by atoms with Gasteiger partial charge in [0.05, 0.1) is 51.6 Å². The minimum absolute atomic E-state index is 0.0158. The van der Waals surface area contributed by atoms with Crippen molar-refractivity contribution >= 4 is 88.0 Å². The number of nitrogens with two attached hydrogens (primary N) is 3. The number of nitrogens with one attached hydrogen (secondary N) is 5. The van der Waals surface area contributed by atoms with Crippen molar-refractivity contribution in [2.75, 3.05) is 58.9 Å². The molecule has 0 aliphatic carbocycles. The number of carbonyl (C=O) groups excluding carboxylic acids is 11. The number of imidazole rings is 2. The average molecular weight is 1460 g/mol. The Kier molecular flexibility index (Phi) is 45.8. The molecule has 104 heavy (non-hydrogen) atoms. The Balaban J connectivity index is 1.32. The third kappa shape index (κ3) is 37.7. The van der Waals surface area contributed by atoms with E-state index in [1.807, 2.05) is 0 Å². The number of hydrogen-bond acceptors (Lipinski definition) is 19. The highest BCUT2D eigenvalue weighted by atomic mass is 16.5. The standard InChI is InChI=1S/C76H128N16O12/c1-4-7-9-11-13-15-17-19-21-23-25-27-29-31-33-37-58(93)40-41-59(51-83-65(96)39-34-32-30-28-26-24-22-20-18-16-14-12-10-8-5-2)104-71(102)43-42-66(97)86-60(38-35-36-44-77)76(103)82-46-48-90(70(101)55-92-57-85-73-62(95)50-64(79)88-75(73)92)53-68(99)81-45-47-89(52-67(98)80-6-3)69(100)54-91-56-84-72-61(94)49-63(78)87-74(72)91/h56-57,59-60H,4-55,77H2,1-3H3,(H2,78,87)(H2,79,88)(H,80,98)(H,81,99)(H,82,103)(H,83,96)(H,86,97). The van der Waals surface area contributed by atoms with Crippen molar-refractivity contribution in [3.8, 4) is 0 Å². The van der Waals surface area contributed by atoms with E-state index >= 15 is 0 Å². The van der Waals surface area contributed by atoms with Crippen LogP contribution >= 0.6 is 0 Å². The first-order chi connectivity index (χ1) is 50.3. The van der Waals surface area contributed by atoms with Crippen molar-refractivity contribution in [1.29, 1.82) is 0 Å². The first-order valence-electron chi connectivity index (χ1n) is 39.5. The molecule has 0 aromatic carbocycles. The van der Waals surface area contributed by atoms with E-state index < -0.39 is 72.4 Å². The summed E-state index contributed by atoms with van der Waals surface area (Å²) in [6, 6.07) is -1.10. The van der Waals surface area contributed by atoms with E-state index in [1.54, 1.807) is 6.92 Å². The highest BCUT2D eigenvalue weighted by Gasteiger charge is 2.30. The first-order valence-corrected chi connectivity index (χ1v) is 39.5. The summed E-state index contributed by atoms with van der Waals surface area (Å²) in [6.07, 6.45) is 39.6. The lowest BCUT2D eigenvalue weighted by molar-refractivity contribution is -0.151. The Morgan fingerprint density at radius 3 is 1.37 bits per heavy atom. The van der Waals surface area contributed by atoms with Crippen LogP contribution in [-0.4, -0.2) is 176 Å². The van der Waals surface area contributed by atoms with Gasteiger partial charge in [-0.25, -0.2) is 20.0 Å². The van der Waals surface area contributed by atoms with E-state index in [0.29, 0.717) is 32.2 Å². The summed E-state index contributed by atoms with van der Waals surface area (Å²) in [5.74, 6) is -4.95. The van der Waals surface area contributed by atoms with Gasteiger partial charge in [0.25, 0.3) is 0 Å². The van der Waals surface area contributed by atoms with Gasteiger partial charge in [-0.1, -0.05) is 194 Å². The highest BCUT2D eigenvalue weighted by Crippen LogP contribution is 2.26. The van der Waals surface area contributed by atoms with Gasteiger partial charge >= 0.3 is 5.97 Å². The van der Waals surface area contributed by atoms with Gasteiger partial charge in [-0.05, 0) is 52.0 Å². The van der Waals surface area contributed by atoms with Crippen LogP contribution in [0.5, 0.6) is 0 Å².